The smallest absolute Gasteiger partial charge is 0.303 e. The van der Waals surface area contributed by atoms with Gasteiger partial charge in [0.1, 0.15) is 0 Å². The molecule has 9 nitrogen and oxygen atoms in total. The van der Waals surface area contributed by atoms with E-state index in [4.69, 9.17) is 0 Å². The third-order valence-electron chi connectivity index (χ3n) is 4.93. The van der Waals surface area contributed by atoms with Crippen molar-refractivity contribution >= 4 is 23.9 Å². The predicted molar refractivity (Wildman–Crippen MR) is 109 cm³/mol. The zero-order valence-corrected chi connectivity index (χ0v) is 16.1. The first-order chi connectivity index (χ1) is 14.5. The van der Waals surface area contributed by atoms with Crippen molar-refractivity contribution in [1.82, 2.24) is 0 Å². The van der Waals surface area contributed by atoms with Gasteiger partial charge in [-0.1, -0.05) is 0 Å². The summed E-state index contributed by atoms with van der Waals surface area (Å²) in [6.45, 7) is 0. The molecule has 1 atom stereocenters. The van der Waals surface area contributed by atoms with Crippen LogP contribution in [0.25, 0.3) is 12.2 Å². The molecule has 9 heteroatoms. The van der Waals surface area contributed by atoms with Crippen LogP contribution in [0.5, 0.6) is 34.5 Å². The summed E-state index contributed by atoms with van der Waals surface area (Å²) >= 11 is 0. The highest BCUT2D eigenvalue weighted by atomic mass is 16.4. The quantitative estimate of drug-likeness (QED) is 0.285. The molecule has 0 amide bonds. The molecule has 2 aromatic carbocycles. The van der Waals surface area contributed by atoms with Crippen molar-refractivity contribution < 1.29 is 45.3 Å². The lowest BCUT2D eigenvalue weighted by Crippen LogP contribution is -2.22. The van der Waals surface area contributed by atoms with Crippen molar-refractivity contribution in [2.24, 2.45) is 5.92 Å². The number of phenolic OH excluding ortho intramolecular Hbond substituents is 6. The number of hydrogen-bond acceptors (Lipinski definition) is 8. The lowest BCUT2D eigenvalue weighted by atomic mass is 9.78. The minimum Gasteiger partial charge on any atom is -0.504 e. The number of benzene rings is 2. The number of carboxylic acids is 1. The van der Waals surface area contributed by atoms with E-state index in [1.165, 1.54) is 12.2 Å². The minimum absolute atomic E-state index is 0.136. The number of aromatic hydroxyl groups is 6. The van der Waals surface area contributed by atoms with Gasteiger partial charge in [0.15, 0.2) is 40.3 Å². The number of rotatable bonds is 4. The highest BCUT2D eigenvalue weighted by molar-refractivity contribution is 6.14. The van der Waals surface area contributed by atoms with Crippen molar-refractivity contribution in [3.05, 3.63) is 46.5 Å². The molecule has 31 heavy (non-hydrogen) atoms. The second-order valence-electron chi connectivity index (χ2n) is 7.36. The van der Waals surface area contributed by atoms with Gasteiger partial charge in [0.25, 0.3) is 0 Å². The van der Waals surface area contributed by atoms with Gasteiger partial charge < -0.3 is 35.7 Å². The van der Waals surface area contributed by atoms with E-state index >= 15 is 0 Å². The second-order valence-corrected chi connectivity index (χ2v) is 7.36. The van der Waals surface area contributed by atoms with Gasteiger partial charge >= 0.3 is 5.97 Å². The van der Waals surface area contributed by atoms with Crippen molar-refractivity contribution in [1.29, 1.82) is 0 Å². The molecule has 0 saturated heterocycles. The number of carbonyl (C=O) groups excluding carboxylic acids is 1. The van der Waals surface area contributed by atoms with E-state index in [1.54, 1.807) is 0 Å². The van der Waals surface area contributed by atoms with Crippen LogP contribution >= 0.6 is 0 Å². The van der Waals surface area contributed by atoms with Crippen molar-refractivity contribution in [2.45, 2.75) is 19.3 Å². The fourth-order valence-electron chi connectivity index (χ4n) is 3.55. The Morgan fingerprint density at radius 3 is 1.45 bits per heavy atom. The molecule has 0 radical (unpaired) electrons. The molecular formula is C22H20O9. The molecule has 2 aromatic rings. The summed E-state index contributed by atoms with van der Waals surface area (Å²) in [6, 6.07) is 4.59. The van der Waals surface area contributed by atoms with Crippen molar-refractivity contribution in [3.8, 4) is 34.5 Å². The Bertz CT molecular complexity index is 1000. The zero-order chi connectivity index (χ0) is 22.9. The minimum atomic E-state index is -1.04. The van der Waals surface area contributed by atoms with E-state index < -0.39 is 52.2 Å². The topological polar surface area (TPSA) is 176 Å². The average molecular weight is 428 g/mol. The summed E-state index contributed by atoms with van der Waals surface area (Å²) in [7, 11) is 0. The van der Waals surface area contributed by atoms with Crippen LogP contribution < -0.4 is 0 Å². The Balaban J connectivity index is 2.04. The molecule has 0 heterocycles. The number of allylic oxidation sites excluding steroid dienone is 2. The molecule has 1 fully saturated rings. The van der Waals surface area contributed by atoms with E-state index in [0.29, 0.717) is 0 Å². The SMILES string of the molecule is O=C(O)CC1C/C(=C/c2cc(O)c(O)c(O)c2)C(=O)/C(=C/c2cc(O)c(O)c(O)c2)C1. The van der Waals surface area contributed by atoms with E-state index in [0.717, 1.165) is 24.3 Å². The summed E-state index contributed by atoms with van der Waals surface area (Å²) in [5.74, 6) is -5.61. The largest absolute Gasteiger partial charge is 0.504 e. The number of carboxylic acid groups (broad SMARTS) is 1. The highest BCUT2D eigenvalue weighted by Gasteiger charge is 2.29. The molecular weight excluding hydrogens is 408 g/mol. The monoisotopic (exact) mass is 428 g/mol. The molecule has 1 aliphatic rings. The van der Waals surface area contributed by atoms with Gasteiger partial charge in [-0.05, 0) is 66.3 Å². The molecule has 0 aromatic heterocycles. The van der Waals surface area contributed by atoms with Gasteiger partial charge in [-0.2, -0.15) is 0 Å². The fourth-order valence-corrected chi connectivity index (χ4v) is 3.55. The van der Waals surface area contributed by atoms with Gasteiger partial charge in [-0.15, -0.1) is 0 Å². The van der Waals surface area contributed by atoms with Gasteiger partial charge in [-0.3, -0.25) is 9.59 Å². The maximum Gasteiger partial charge on any atom is 0.303 e. The number of phenols is 6. The standard InChI is InChI=1S/C22H20O9/c23-15-5-11(6-16(24)21(15)30)3-13-1-10(9-19(27)28)2-14(20(13)29)4-12-7-17(25)22(31)18(26)8-12/h3-8,10,23-26,30-31H,1-2,9H2,(H,27,28)/b13-3-,14-4+. The van der Waals surface area contributed by atoms with Crippen LogP contribution in [-0.2, 0) is 9.59 Å². The summed E-state index contributed by atoms with van der Waals surface area (Å²) in [5.41, 5.74) is 0.902. The van der Waals surface area contributed by atoms with Crippen molar-refractivity contribution in [2.75, 3.05) is 0 Å². The Morgan fingerprint density at radius 2 is 1.13 bits per heavy atom. The molecule has 1 saturated carbocycles. The van der Waals surface area contributed by atoms with E-state index in [-0.39, 0.29) is 41.5 Å². The van der Waals surface area contributed by atoms with Crippen LogP contribution in [0, 0.1) is 5.92 Å². The molecule has 1 aliphatic carbocycles. The van der Waals surface area contributed by atoms with Crippen molar-refractivity contribution in [3.63, 3.8) is 0 Å². The number of Topliss-reactive ketones (excluding diaryl/α,β-unsaturated/α-hetero) is 1. The summed E-state index contributed by atoms with van der Waals surface area (Å²) in [4.78, 5) is 24.2. The molecule has 3 rings (SSSR count). The highest BCUT2D eigenvalue weighted by Crippen LogP contribution is 2.40. The van der Waals surface area contributed by atoms with E-state index in [9.17, 15) is 45.3 Å². The normalized spacial score (nSPS) is 19.1. The van der Waals surface area contributed by atoms with Gasteiger partial charge in [-0.25, -0.2) is 0 Å². The van der Waals surface area contributed by atoms with Gasteiger partial charge in [0, 0.05) is 17.6 Å². The van der Waals surface area contributed by atoms with Crippen LogP contribution in [0.3, 0.4) is 0 Å². The first-order valence-corrected chi connectivity index (χ1v) is 9.22. The maximum atomic E-state index is 13.0. The Kier molecular flexibility index (Phi) is 5.78. The number of aliphatic carboxylic acids is 1. The maximum absolute atomic E-state index is 13.0. The third-order valence-corrected chi connectivity index (χ3v) is 4.93. The van der Waals surface area contributed by atoms with Gasteiger partial charge in [0.2, 0.25) is 0 Å². The third kappa shape index (κ3) is 4.72. The van der Waals surface area contributed by atoms with E-state index in [2.05, 4.69) is 0 Å². The predicted octanol–water partition coefficient (Wildman–Crippen LogP) is 2.84. The Morgan fingerprint density at radius 1 is 0.774 bits per heavy atom. The number of hydrogen-bond donors (Lipinski definition) is 7. The summed E-state index contributed by atoms with van der Waals surface area (Å²) in [6.07, 6.45) is 2.83. The first kappa shape index (κ1) is 21.6. The number of carbonyl (C=O) groups is 2. The Labute approximate surface area is 176 Å². The van der Waals surface area contributed by atoms with Crippen LogP contribution in [0.15, 0.2) is 35.4 Å². The molecule has 162 valence electrons. The van der Waals surface area contributed by atoms with Gasteiger partial charge in [0.05, 0.1) is 0 Å². The first-order valence-electron chi connectivity index (χ1n) is 9.22. The molecule has 0 aliphatic heterocycles. The lowest BCUT2D eigenvalue weighted by molar-refractivity contribution is -0.138. The lowest BCUT2D eigenvalue weighted by Gasteiger charge is -2.24. The van der Waals surface area contributed by atoms with Crippen LogP contribution in [0.2, 0.25) is 0 Å². The fraction of sp³-hybridized carbons (Fsp3) is 0.182. The zero-order valence-electron chi connectivity index (χ0n) is 16.1. The molecule has 1 unspecified atom stereocenters. The van der Waals surface area contributed by atoms with E-state index in [1.807, 2.05) is 0 Å². The summed E-state index contributed by atoms with van der Waals surface area (Å²) in [5, 5.41) is 66.9. The molecule has 0 spiro atoms. The molecule has 0 bridgehead atoms. The average Bonchev–Trinajstić information content (AvgIpc) is 2.67. The number of ketones is 1. The van der Waals surface area contributed by atoms with Crippen LogP contribution in [0.4, 0.5) is 0 Å². The second kappa shape index (κ2) is 8.31. The molecule has 7 N–H and O–H groups in total. The Hall–Kier alpha value is -4.14. The van der Waals surface area contributed by atoms with Crippen LogP contribution in [-0.4, -0.2) is 47.5 Å². The van der Waals surface area contributed by atoms with Crippen LogP contribution in [0.1, 0.15) is 30.4 Å². The summed E-state index contributed by atoms with van der Waals surface area (Å²) < 4.78 is 0.